The Balaban J connectivity index is 2.45. The van der Waals surface area contributed by atoms with Crippen LogP contribution in [0.4, 0.5) is 5.82 Å². The molecule has 15 heavy (non-hydrogen) atoms. The van der Waals surface area contributed by atoms with E-state index < -0.39 is 0 Å². The molecule has 0 unspecified atom stereocenters. The minimum atomic E-state index is 0.574. The second-order valence-corrected chi connectivity index (χ2v) is 3.46. The van der Waals surface area contributed by atoms with Gasteiger partial charge in [-0.1, -0.05) is 6.07 Å². The molecule has 0 bridgehead atoms. The molecule has 3 N–H and O–H groups in total. The standard InChI is InChI=1S/C12H15N3/c1-2-14-12-6-4-10-7-9(8-13)3-5-11(10)15-12/h3-7H,2,8,13H2,1H3,(H,14,15). The molecule has 0 aliphatic carbocycles. The highest BCUT2D eigenvalue weighted by molar-refractivity contribution is 5.80. The van der Waals surface area contributed by atoms with Crippen molar-refractivity contribution in [2.75, 3.05) is 11.9 Å². The molecule has 0 aliphatic rings. The van der Waals surface area contributed by atoms with Gasteiger partial charge in [0.05, 0.1) is 5.52 Å². The Hall–Kier alpha value is -1.61. The average Bonchev–Trinajstić information content (AvgIpc) is 2.29. The summed E-state index contributed by atoms with van der Waals surface area (Å²) >= 11 is 0. The summed E-state index contributed by atoms with van der Waals surface area (Å²) in [4.78, 5) is 4.49. The topological polar surface area (TPSA) is 50.9 Å². The van der Waals surface area contributed by atoms with Crippen LogP contribution < -0.4 is 11.1 Å². The first-order valence-corrected chi connectivity index (χ1v) is 5.17. The van der Waals surface area contributed by atoms with Gasteiger partial charge in [-0.2, -0.15) is 0 Å². The van der Waals surface area contributed by atoms with Crippen molar-refractivity contribution in [3.8, 4) is 0 Å². The molecule has 1 heterocycles. The quantitative estimate of drug-likeness (QED) is 0.799. The highest BCUT2D eigenvalue weighted by Crippen LogP contribution is 2.16. The van der Waals surface area contributed by atoms with Gasteiger partial charge in [0, 0.05) is 18.5 Å². The van der Waals surface area contributed by atoms with E-state index in [1.165, 1.54) is 0 Å². The van der Waals surface area contributed by atoms with Crippen LogP contribution in [0.25, 0.3) is 10.9 Å². The second-order valence-electron chi connectivity index (χ2n) is 3.46. The lowest BCUT2D eigenvalue weighted by Crippen LogP contribution is -1.99. The molecule has 0 fully saturated rings. The van der Waals surface area contributed by atoms with Crippen molar-refractivity contribution < 1.29 is 0 Å². The number of benzene rings is 1. The number of fused-ring (bicyclic) bond motifs is 1. The smallest absolute Gasteiger partial charge is 0.126 e. The third-order valence-electron chi connectivity index (χ3n) is 2.35. The van der Waals surface area contributed by atoms with Crippen molar-refractivity contribution in [2.45, 2.75) is 13.5 Å². The van der Waals surface area contributed by atoms with E-state index in [4.69, 9.17) is 5.73 Å². The van der Waals surface area contributed by atoms with Gasteiger partial charge in [0.1, 0.15) is 5.82 Å². The van der Waals surface area contributed by atoms with Gasteiger partial charge in [-0.15, -0.1) is 0 Å². The average molecular weight is 201 g/mol. The van der Waals surface area contributed by atoms with Crippen molar-refractivity contribution in [3.63, 3.8) is 0 Å². The highest BCUT2D eigenvalue weighted by atomic mass is 15.0. The molecule has 2 rings (SSSR count). The summed E-state index contributed by atoms with van der Waals surface area (Å²) in [6.45, 7) is 3.52. The molecular formula is C12H15N3. The third kappa shape index (κ3) is 2.07. The van der Waals surface area contributed by atoms with E-state index in [9.17, 15) is 0 Å². The van der Waals surface area contributed by atoms with Gasteiger partial charge < -0.3 is 11.1 Å². The third-order valence-corrected chi connectivity index (χ3v) is 2.35. The molecule has 1 aromatic heterocycles. The lowest BCUT2D eigenvalue weighted by molar-refractivity contribution is 1.07. The number of aromatic nitrogens is 1. The van der Waals surface area contributed by atoms with Crippen molar-refractivity contribution in [2.24, 2.45) is 5.73 Å². The van der Waals surface area contributed by atoms with Crippen LogP contribution in [-0.4, -0.2) is 11.5 Å². The van der Waals surface area contributed by atoms with Crippen LogP contribution in [-0.2, 0) is 6.54 Å². The van der Waals surface area contributed by atoms with E-state index in [1.54, 1.807) is 0 Å². The molecule has 0 atom stereocenters. The minimum Gasteiger partial charge on any atom is -0.370 e. The van der Waals surface area contributed by atoms with E-state index in [0.717, 1.165) is 28.8 Å². The fourth-order valence-corrected chi connectivity index (χ4v) is 1.58. The van der Waals surface area contributed by atoms with Crippen LogP contribution >= 0.6 is 0 Å². The molecule has 2 aromatic rings. The maximum Gasteiger partial charge on any atom is 0.126 e. The lowest BCUT2D eigenvalue weighted by atomic mass is 10.1. The minimum absolute atomic E-state index is 0.574. The number of hydrogen-bond donors (Lipinski definition) is 2. The number of nitrogens with one attached hydrogen (secondary N) is 1. The van der Waals surface area contributed by atoms with Gasteiger partial charge in [0.15, 0.2) is 0 Å². The highest BCUT2D eigenvalue weighted by Gasteiger charge is 1.98. The van der Waals surface area contributed by atoms with Gasteiger partial charge >= 0.3 is 0 Å². The van der Waals surface area contributed by atoms with Crippen LogP contribution in [0.1, 0.15) is 12.5 Å². The van der Waals surface area contributed by atoms with E-state index in [1.807, 2.05) is 18.2 Å². The summed E-state index contributed by atoms with van der Waals surface area (Å²) in [5.74, 6) is 0.922. The first-order chi connectivity index (χ1) is 7.33. The molecule has 0 saturated carbocycles. The number of anilines is 1. The van der Waals surface area contributed by atoms with Crippen LogP contribution in [0.2, 0.25) is 0 Å². The van der Waals surface area contributed by atoms with Gasteiger partial charge in [0.2, 0.25) is 0 Å². The fourth-order valence-electron chi connectivity index (χ4n) is 1.58. The Labute approximate surface area is 89.3 Å². The second kappa shape index (κ2) is 4.28. The normalized spacial score (nSPS) is 10.5. The monoisotopic (exact) mass is 201 g/mol. The molecule has 0 radical (unpaired) electrons. The summed E-state index contributed by atoms with van der Waals surface area (Å²) < 4.78 is 0. The SMILES string of the molecule is CCNc1ccc2cc(CN)ccc2n1. The van der Waals surface area contributed by atoms with Gasteiger partial charge in [-0.25, -0.2) is 4.98 Å². The number of nitrogens with zero attached hydrogens (tertiary/aromatic N) is 1. The van der Waals surface area contributed by atoms with Crippen molar-refractivity contribution in [1.29, 1.82) is 0 Å². The zero-order chi connectivity index (χ0) is 10.7. The molecule has 0 amide bonds. The molecule has 0 aliphatic heterocycles. The summed E-state index contributed by atoms with van der Waals surface area (Å²) in [6.07, 6.45) is 0. The maximum absolute atomic E-state index is 5.59. The van der Waals surface area contributed by atoms with Gasteiger partial charge in [-0.3, -0.25) is 0 Å². The molecule has 3 heteroatoms. The van der Waals surface area contributed by atoms with Crippen molar-refractivity contribution in [3.05, 3.63) is 35.9 Å². The summed E-state index contributed by atoms with van der Waals surface area (Å²) in [6, 6.07) is 10.2. The molecule has 3 nitrogen and oxygen atoms in total. The zero-order valence-electron chi connectivity index (χ0n) is 8.83. The molecule has 78 valence electrons. The zero-order valence-corrected chi connectivity index (χ0v) is 8.83. The van der Waals surface area contributed by atoms with E-state index in [2.05, 4.69) is 29.4 Å². The first-order valence-electron chi connectivity index (χ1n) is 5.17. The Morgan fingerprint density at radius 3 is 2.87 bits per heavy atom. The fraction of sp³-hybridized carbons (Fsp3) is 0.250. The van der Waals surface area contributed by atoms with E-state index >= 15 is 0 Å². The number of rotatable bonds is 3. The molecule has 0 saturated heterocycles. The van der Waals surface area contributed by atoms with Crippen LogP contribution in [0.3, 0.4) is 0 Å². The lowest BCUT2D eigenvalue weighted by Gasteiger charge is -2.05. The predicted octanol–water partition coefficient (Wildman–Crippen LogP) is 2.13. The van der Waals surface area contributed by atoms with Crippen molar-refractivity contribution in [1.82, 2.24) is 4.98 Å². The molecular weight excluding hydrogens is 186 g/mol. The number of nitrogens with two attached hydrogens (primary N) is 1. The number of hydrogen-bond acceptors (Lipinski definition) is 3. The predicted molar refractivity (Wildman–Crippen MR) is 63.8 cm³/mol. The van der Waals surface area contributed by atoms with Gasteiger partial charge in [-0.05, 0) is 36.8 Å². The Morgan fingerprint density at radius 2 is 2.13 bits per heavy atom. The van der Waals surface area contributed by atoms with Crippen molar-refractivity contribution >= 4 is 16.7 Å². The summed E-state index contributed by atoms with van der Waals surface area (Å²) in [5.41, 5.74) is 7.73. The largest absolute Gasteiger partial charge is 0.370 e. The summed E-state index contributed by atoms with van der Waals surface area (Å²) in [7, 11) is 0. The Morgan fingerprint density at radius 1 is 1.27 bits per heavy atom. The van der Waals surface area contributed by atoms with Crippen LogP contribution in [0.15, 0.2) is 30.3 Å². The van der Waals surface area contributed by atoms with Gasteiger partial charge in [0.25, 0.3) is 0 Å². The Kier molecular flexibility index (Phi) is 2.83. The first kappa shape index (κ1) is 9.93. The molecule has 0 spiro atoms. The molecule has 1 aromatic carbocycles. The maximum atomic E-state index is 5.59. The van der Waals surface area contributed by atoms with Crippen LogP contribution in [0, 0.1) is 0 Å². The van der Waals surface area contributed by atoms with Crippen LogP contribution in [0.5, 0.6) is 0 Å². The number of pyridine rings is 1. The Bertz CT molecular complexity index is 465. The summed E-state index contributed by atoms with van der Waals surface area (Å²) in [5, 5.41) is 4.33. The van der Waals surface area contributed by atoms with E-state index in [-0.39, 0.29) is 0 Å². The van der Waals surface area contributed by atoms with E-state index in [0.29, 0.717) is 6.54 Å².